The average Bonchev–Trinajstić information content (AvgIpc) is 2.95. The van der Waals surface area contributed by atoms with Crippen LogP contribution in [0.4, 0.5) is 0 Å². The van der Waals surface area contributed by atoms with Crippen molar-refractivity contribution in [3.8, 4) is 11.1 Å². The lowest BCUT2D eigenvalue weighted by molar-refractivity contribution is 0.590. The van der Waals surface area contributed by atoms with Gasteiger partial charge in [-0.15, -0.1) is 0 Å². The number of aryl methyl sites for hydroxylation is 1. The monoisotopic (exact) mass is 415 g/mol. The molecule has 0 saturated heterocycles. The molecule has 0 aromatic heterocycles. The van der Waals surface area contributed by atoms with E-state index in [4.69, 9.17) is 23.2 Å². The third-order valence-electron chi connectivity index (χ3n) is 4.52. The van der Waals surface area contributed by atoms with E-state index in [0.717, 1.165) is 33.4 Å². The quantitative estimate of drug-likeness (QED) is 0.469. The largest absolute Gasteiger partial charge is 0.286 e. The summed E-state index contributed by atoms with van der Waals surface area (Å²) in [6.07, 6.45) is 1.50. The summed E-state index contributed by atoms with van der Waals surface area (Å²) in [7, 11) is -3.69. The molecule has 0 fully saturated rings. The Hall–Kier alpha value is -2.27. The maximum atomic E-state index is 12.7. The Morgan fingerprint density at radius 2 is 1.56 bits per heavy atom. The summed E-state index contributed by atoms with van der Waals surface area (Å²) < 4.78 is 27.9. The van der Waals surface area contributed by atoms with E-state index in [1.165, 1.54) is 6.20 Å². The molecule has 1 N–H and O–H groups in total. The van der Waals surface area contributed by atoms with Crippen LogP contribution in [0, 0.1) is 6.92 Å². The van der Waals surface area contributed by atoms with Gasteiger partial charge in [0.2, 0.25) is 0 Å². The van der Waals surface area contributed by atoms with Crippen LogP contribution in [0.25, 0.3) is 16.7 Å². The average molecular weight is 416 g/mol. The van der Waals surface area contributed by atoms with Gasteiger partial charge in [0.05, 0.1) is 9.92 Å². The van der Waals surface area contributed by atoms with Crippen molar-refractivity contribution in [2.24, 2.45) is 0 Å². The second-order valence-electron chi connectivity index (χ2n) is 6.35. The standard InChI is InChI=1S/C21H15Cl2NO2S/c1-13-6-8-15(9-7-13)27(25,26)24-12-19-17-5-3-2-4-16(17)18-10-14(22)11-20(23)21(18)19/h2-12,24H,1H3/b19-12+. The maximum Gasteiger partial charge on any atom is 0.261 e. The molecule has 0 heterocycles. The molecule has 0 spiro atoms. The Morgan fingerprint density at radius 3 is 2.26 bits per heavy atom. The summed E-state index contributed by atoms with van der Waals surface area (Å²) in [5, 5.41) is 1.02. The van der Waals surface area contributed by atoms with Gasteiger partial charge in [-0.2, -0.15) is 0 Å². The molecule has 3 aromatic carbocycles. The summed E-state index contributed by atoms with van der Waals surface area (Å²) in [5.74, 6) is 0. The molecule has 3 nitrogen and oxygen atoms in total. The van der Waals surface area contributed by atoms with Gasteiger partial charge in [0.1, 0.15) is 0 Å². The SMILES string of the molecule is Cc1ccc(S(=O)(=O)N/C=C2\c3ccccc3-c3cc(Cl)cc(Cl)c32)cc1. The first-order valence-electron chi connectivity index (χ1n) is 8.25. The summed E-state index contributed by atoms with van der Waals surface area (Å²) in [6, 6.07) is 17.9. The molecular formula is C21H15Cl2NO2S. The second kappa shape index (κ2) is 6.71. The van der Waals surface area contributed by atoms with Gasteiger partial charge in [0, 0.05) is 22.4 Å². The molecular weight excluding hydrogens is 401 g/mol. The lowest BCUT2D eigenvalue weighted by Gasteiger charge is -2.09. The molecule has 0 bridgehead atoms. The fraction of sp³-hybridized carbons (Fsp3) is 0.0476. The van der Waals surface area contributed by atoms with E-state index in [-0.39, 0.29) is 4.90 Å². The smallest absolute Gasteiger partial charge is 0.261 e. The molecule has 4 rings (SSSR count). The van der Waals surface area contributed by atoms with Gasteiger partial charge < -0.3 is 0 Å². The minimum atomic E-state index is -3.69. The Bertz CT molecular complexity index is 1180. The summed E-state index contributed by atoms with van der Waals surface area (Å²) in [5.41, 5.74) is 5.26. The highest BCUT2D eigenvalue weighted by Crippen LogP contribution is 2.48. The first-order chi connectivity index (χ1) is 12.9. The first-order valence-corrected chi connectivity index (χ1v) is 10.5. The van der Waals surface area contributed by atoms with Gasteiger partial charge in [-0.25, -0.2) is 8.42 Å². The van der Waals surface area contributed by atoms with Crippen LogP contribution in [-0.4, -0.2) is 8.42 Å². The first kappa shape index (κ1) is 18.1. The number of hydrogen-bond acceptors (Lipinski definition) is 2. The molecule has 3 aromatic rings. The van der Waals surface area contributed by atoms with Crippen molar-refractivity contribution < 1.29 is 8.42 Å². The van der Waals surface area contributed by atoms with Gasteiger partial charge in [0.25, 0.3) is 10.0 Å². The van der Waals surface area contributed by atoms with Gasteiger partial charge in [-0.1, -0.05) is 65.2 Å². The fourth-order valence-electron chi connectivity index (χ4n) is 3.22. The second-order valence-corrected chi connectivity index (χ2v) is 8.91. The Morgan fingerprint density at radius 1 is 0.889 bits per heavy atom. The van der Waals surface area contributed by atoms with Crippen LogP contribution in [0.1, 0.15) is 16.7 Å². The van der Waals surface area contributed by atoms with Gasteiger partial charge in [0.15, 0.2) is 0 Å². The number of halogens is 2. The number of sulfonamides is 1. The van der Waals surface area contributed by atoms with Crippen LogP contribution in [0.15, 0.2) is 71.8 Å². The van der Waals surface area contributed by atoms with Crippen LogP contribution in [0.3, 0.4) is 0 Å². The van der Waals surface area contributed by atoms with Crippen molar-refractivity contribution >= 4 is 38.8 Å². The van der Waals surface area contributed by atoms with Crippen molar-refractivity contribution in [1.29, 1.82) is 0 Å². The predicted molar refractivity (Wildman–Crippen MR) is 110 cm³/mol. The number of hydrogen-bond donors (Lipinski definition) is 1. The minimum Gasteiger partial charge on any atom is -0.286 e. The molecule has 1 aliphatic rings. The van der Waals surface area contributed by atoms with Crippen LogP contribution >= 0.6 is 23.2 Å². The number of nitrogens with one attached hydrogen (secondary N) is 1. The molecule has 0 aliphatic heterocycles. The van der Waals surface area contributed by atoms with E-state index in [0.29, 0.717) is 10.0 Å². The summed E-state index contributed by atoms with van der Waals surface area (Å²) in [6.45, 7) is 1.91. The molecule has 0 radical (unpaired) electrons. The molecule has 0 amide bonds. The summed E-state index contributed by atoms with van der Waals surface area (Å²) >= 11 is 12.6. The molecule has 6 heteroatoms. The van der Waals surface area contributed by atoms with Gasteiger partial charge in [-0.3, -0.25) is 4.72 Å². The molecule has 27 heavy (non-hydrogen) atoms. The topological polar surface area (TPSA) is 46.2 Å². The van der Waals surface area contributed by atoms with Crippen molar-refractivity contribution in [2.75, 3.05) is 0 Å². The fourth-order valence-corrected chi connectivity index (χ4v) is 4.72. The molecule has 1 aliphatic carbocycles. The molecule has 0 saturated carbocycles. The Kier molecular flexibility index (Phi) is 4.50. The third kappa shape index (κ3) is 3.25. The van der Waals surface area contributed by atoms with E-state index >= 15 is 0 Å². The maximum absolute atomic E-state index is 12.7. The molecule has 136 valence electrons. The predicted octanol–water partition coefficient (Wildman–Crippen LogP) is 5.65. The normalized spacial score (nSPS) is 14.1. The summed E-state index contributed by atoms with van der Waals surface area (Å²) in [4.78, 5) is 0.207. The van der Waals surface area contributed by atoms with Crippen molar-refractivity contribution in [3.05, 3.63) is 93.6 Å². The zero-order valence-corrected chi connectivity index (χ0v) is 16.7. The van der Waals surface area contributed by atoms with E-state index in [9.17, 15) is 8.42 Å². The third-order valence-corrected chi connectivity index (χ3v) is 6.36. The minimum absolute atomic E-state index is 0.207. The van der Waals surface area contributed by atoms with Crippen LogP contribution in [-0.2, 0) is 10.0 Å². The highest BCUT2D eigenvalue weighted by Gasteiger charge is 2.26. The number of fused-ring (bicyclic) bond motifs is 3. The number of benzene rings is 3. The van der Waals surface area contributed by atoms with E-state index in [1.54, 1.807) is 30.3 Å². The lowest BCUT2D eigenvalue weighted by atomic mass is 10.1. The zero-order chi connectivity index (χ0) is 19.2. The van der Waals surface area contributed by atoms with E-state index < -0.39 is 10.0 Å². The van der Waals surface area contributed by atoms with Crippen molar-refractivity contribution in [3.63, 3.8) is 0 Å². The van der Waals surface area contributed by atoms with Gasteiger partial charge in [-0.05, 0) is 47.9 Å². The van der Waals surface area contributed by atoms with Crippen molar-refractivity contribution in [2.45, 2.75) is 11.8 Å². The van der Waals surface area contributed by atoms with Crippen LogP contribution < -0.4 is 4.72 Å². The van der Waals surface area contributed by atoms with E-state index in [1.807, 2.05) is 37.3 Å². The molecule has 0 unspecified atom stereocenters. The van der Waals surface area contributed by atoms with E-state index in [2.05, 4.69) is 4.72 Å². The molecule has 0 atom stereocenters. The Labute approximate surface area is 168 Å². The van der Waals surface area contributed by atoms with Crippen molar-refractivity contribution in [1.82, 2.24) is 4.72 Å². The van der Waals surface area contributed by atoms with Crippen LogP contribution in [0.5, 0.6) is 0 Å². The van der Waals surface area contributed by atoms with Crippen LogP contribution in [0.2, 0.25) is 10.0 Å². The highest BCUT2D eigenvalue weighted by atomic mass is 35.5. The number of rotatable bonds is 3. The highest BCUT2D eigenvalue weighted by molar-refractivity contribution is 7.89. The zero-order valence-electron chi connectivity index (χ0n) is 14.3. The lowest BCUT2D eigenvalue weighted by Crippen LogP contribution is -2.18. The Balaban J connectivity index is 1.81. The van der Waals surface area contributed by atoms with Gasteiger partial charge >= 0.3 is 0 Å².